The van der Waals surface area contributed by atoms with E-state index in [0.717, 1.165) is 29.2 Å². The number of amides is 1. The molecule has 6 nitrogen and oxygen atoms in total. The maximum atomic E-state index is 13.0. The topological polar surface area (TPSA) is 65.4 Å². The second-order valence-corrected chi connectivity index (χ2v) is 7.41. The smallest absolute Gasteiger partial charge is 0.257 e. The first kappa shape index (κ1) is 17.2. The van der Waals surface area contributed by atoms with E-state index in [0.29, 0.717) is 26.2 Å². The molecule has 2 aromatic rings. The summed E-state index contributed by atoms with van der Waals surface area (Å²) in [6.07, 6.45) is 0.681. The Labute approximate surface area is 156 Å². The van der Waals surface area contributed by atoms with E-state index in [-0.39, 0.29) is 17.7 Å². The normalized spacial score (nSPS) is 21.0. The quantitative estimate of drug-likeness (QED) is 0.897. The molecule has 1 saturated heterocycles. The van der Waals surface area contributed by atoms with E-state index in [1.165, 1.54) is 0 Å². The van der Waals surface area contributed by atoms with Crippen molar-refractivity contribution in [2.75, 3.05) is 32.8 Å². The number of phenolic OH excluding ortho intramolecular Hbond substituents is 1. The predicted octanol–water partition coefficient (Wildman–Crippen LogP) is 2.46. The van der Waals surface area contributed by atoms with Crippen LogP contribution in [0.15, 0.2) is 46.9 Å². The zero-order chi connectivity index (χ0) is 17.9. The molecule has 1 fully saturated rings. The number of nitrogens with zero attached hydrogens (tertiary/aromatic N) is 3. The minimum atomic E-state index is -0.138. The number of morpholine rings is 1. The summed E-state index contributed by atoms with van der Waals surface area (Å²) < 4.78 is 5.36. The number of hydrazone groups is 1. The van der Waals surface area contributed by atoms with Gasteiger partial charge in [0.15, 0.2) is 0 Å². The minimum Gasteiger partial charge on any atom is -0.508 e. The highest BCUT2D eigenvalue weighted by Gasteiger charge is 2.34. The van der Waals surface area contributed by atoms with Gasteiger partial charge >= 0.3 is 0 Å². The number of hydrogen-bond acceptors (Lipinski definition) is 6. The molecule has 1 aromatic carbocycles. The van der Waals surface area contributed by atoms with Gasteiger partial charge in [0.2, 0.25) is 0 Å². The Morgan fingerprint density at radius 1 is 1.23 bits per heavy atom. The van der Waals surface area contributed by atoms with Crippen molar-refractivity contribution in [3.8, 4) is 5.75 Å². The maximum Gasteiger partial charge on any atom is 0.257 e. The van der Waals surface area contributed by atoms with E-state index in [2.05, 4.69) is 10.0 Å². The highest BCUT2D eigenvalue weighted by molar-refractivity contribution is 7.12. The molecule has 1 amide bonds. The van der Waals surface area contributed by atoms with Crippen molar-refractivity contribution in [1.29, 1.82) is 0 Å². The van der Waals surface area contributed by atoms with Crippen LogP contribution in [0.2, 0.25) is 0 Å². The van der Waals surface area contributed by atoms with E-state index in [1.807, 2.05) is 29.6 Å². The van der Waals surface area contributed by atoms with Gasteiger partial charge in [-0.25, -0.2) is 5.01 Å². The Balaban J connectivity index is 1.57. The average Bonchev–Trinajstić information content (AvgIpc) is 3.33. The van der Waals surface area contributed by atoms with Gasteiger partial charge in [-0.1, -0.05) is 18.2 Å². The molecule has 1 atom stereocenters. The van der Waals surface area contributed by atoms with Crippen LogP contribution < -0.4 is 0 Å². The van der Waals surface area contributed by atoms with Crippen LogP contribution >= 0.6 is 11.3 Å². The van der Waals surface area contributed by atoms with Crippen LogP contribution in [-0.4, -0.2) is 59.5 Å². The fourth-order valence-corrected chi connectivity index (χ4v) is 4.03. The molecule has 4 rings (SSSR count). The second kappa shape index (κ2) is 7.57. The third-order valence-electron chi connectivity index (χ3n) is 4.71. The summed E-state index contributed by atoms with van der Waals surface area (Å²) in [6, 6.07) is 10.9. The number of rotatable bonds is 4. The van der Waals surface area contributed by atoms with Crippen molar-refractivity contribution in [2.24, 2.45) is 5.10 Å². The summed E-state index contributed by atoms with van der Waals surface area (Å²) >= 11 is 1.63. The first-order valence-electron chi connectivity index (χ1n) is 8.73. The second-order valence-electron chi connectivity index (χ2n) is 6.46. The van der Waals surface area contributed by atoms with E-state index in [9.17, 15) is 9.90 Å². The van der Waals surface area contributed by atoms with Crippen LogP contribution in [0.5, 0.6) is 5.75 Å². The highest BCUT2D eigenvalue weighted by Crippen LogP contribution is 2.34. The number of ether oxygens (including phenoxy) is 1. The lowest BCUT2D eigenvalue weighted by atomic mass is 10.0. The summed E-state index contributed by atoms with van der Waals surface area (Å²) in [5, 5.41) is 17.9. The van der Waals surface area contributed by atoms with Gasteiger partial charge in [-0.3, -0.25) is 9.69 Å². The molecule has 7 heteroatoms. The number of aromatic hydroxyl groups is 1. The van der Waals surface area contributed by atoms with Gasteiger partial charge in [0.25, 0.3) is 5.91 Å². The molecule has 2 aliphatic heterocycles. The first-order chi connectivity index (χ1) is 12.7. The molecule has 0 bridgehead atoms. The average molecular weight is 371 g/mol. The SMILES string of the molecule is O=C(CN1CCOCC1)N1N=C(c2cccs2)C[C@@H]1c1ccc(O)cc1. The molecule has 0 unspecified atom stereocenters. The zero-order valence-corrected chi connectivity index (χ0v) is 15.2. The third kappa shape index (κ3) is 3.65. The van der Waals surface area contributed by atoms with E-state index >= 15 is 0 Å². The molecule has 0 radical (unpaired) electrons. The largest absolute Gasteiger partial charge is 0.508 e. The number of carbonyl (C=O) groups excluding carboxylic acids is 1. The molecular formula is C19H21N3O3S. The number of hydrogen-bond donors (Lipinski definition) is 1. The number of phenols is 1. The van der Waals surface area contributed by atoms with E-state index < -0.39 is 0 Å². The predicted molar refractivity (Wildman–Crippen MR) is 100 cm³/mol. The van der Waals surface area contributed by atoms with Crippen molar-refractivity contribution in [3.63, 3.8) is 0 Å². The van der Waals surface area contributed by atoms with Crippen molar-refractivity contribution >= 4 is 23.0 Å². The fourth-order valence-electron chi connectivity index (χ4n) is 3.31. The van der Waals surface area contributed by atoms with Gasteiger partial charge in [-0.2, -0.15) is 5.10 Å². The summed E-state index contributed by atoms with van der Waals surface area (Å²) in [6.45, 7) is 3.21. The lowest BCUT2D eigenvalue weighted by molar-refractivity contribution is -0.135. The van der Waals surface area contributed by atoms with Crippen LogP contribution in [0.1, 0.15) is 22.9 Å². The van der Waals surface area contributed by atoms with Crippen molar-refractivity contribution < 1.29 is 14.6 Å². The molecule has 26 heavy (non-hydrogen) atoms. The Kier molecular flexibility index (Phi) is 5.01. The van der Waals surface area contributed by atoms with Crippen LogP contribution in [0.3, 0.4) is 0 Å². The lowest BCUT2D eigenvalue weighted by Crippen LogP contribution is -2.43. The van der Waals surface area contributed by atoms with Crippen LogP contribution in [0.25, 0.3) is 0 Å². The minimum absolute atomic E-state index is 0.00321. The first-order valence-corrected chi connectivity index (χ1v) is 9.61. The van der Waals surface area contributed by atoms with Crippen molar-refractivity contribution in [3.05, 3.63) is 52.2 Å². The van der Waals surface area contributed by atoms with Gasteiger partial charge in [0, 0.05) is 19.5 Å². The molecular weight excluding hydrogens is 350 g/mol. The molecule has 2 aliphatic rings. The van der Waals surface area contributed by atoms with E-state index in [1.54, 1.807) is 28.5 Å². The van der Waals surface area contributed by atoms with Gasteiger partial charge < -0.3 is 9.84 Å². The van der Waals surface area contributed by atoms with Crippen molar-refractivity contribution in [1.82, 2.24) is 9.91 Å². The Hall–Kier alpha value is -2.22. The molecule has 0 aliphatic carbocycles. The van der Waals surface area contributed by atoms with Crippen LogP contribution in [0.4, 0.5) is 0 Å². The summed E-state index contributed by atoms with van der Waals surface area (Å²) in [5.41, 5.74) is 1.92. The number of carbonyl (C=O) groups is 1. The van der Waals surface area contributed by atoms with Gasteiger partial charge in [-0.05, 0) is 29.1 Å². The monoisotopic (exact) mass is 371 g/mol. The number of thiophene rings is 1. The molecule has 3 heterocycles. The van der Waals surface area contributed by atoms with Crippen molar-refractivity contribution in [2.45, 2.75) is 12.5 Å². The number of benzene rings is 1. The van der Waals surface area contributed by atoms with Crippen LogP contribution in [-0.2, 0) is 9.53 Å². The molecule has 1 aromatic heterocycles. The molecule has 0 saturated carbocycles. The Morgan fingerprint density at radius 2 is 2.00 bits per heavy atom. The lowest BCUT2D eigenvalue weighted by Gasteiger charge is -2.29. The summed E-state index contributed by atoms with van der Waals surface area (Å²) in [5.74, 6) is 0.217. The van der Waals surface area contributed by atoms with Gasteiger partial charge in [0.1, 0.15) is 5.75 Å². The summed E-state index contributed by atoms with van der Waals surface area (Å²) in [4.78, 5) is 16.2. The fraction of sp³-hybridized carbons (Fsp3) is 0.368. The maximum absolute atomic E-state index is 13.0. The standard InChI is InChI=1S/C19H21N3O3S/c23-15-5-3-14(4-6-15)17-12-16(18-2-1-11-26-18)20-22(17)19(24)13-21-7-9-25-10-8-21/h1-6,11,17,23H,7-10,12-13H2/t17-/m1/s1. The van der Waals surface area contributed by atoms with Gasteiger partial charge in [-0.15, -0.1) is 11.3 Å². The van der Waals surface area contributed by atoms with Gasteiger partial charge in [0.05, 0.1) is 36.4 Å². The Morgan fingerprint density at radius 3 is 2.69 bits per heavy atom. The molecule has 1 N–H and O–H groups in total. The Bertz CT molecular complexity index is 783. The zero-order valence-electron chi connectivity index (χ0n) is 14.4. The third-order valence-corrected chi connectivity index (χ3v) is 5.63. The van der Waals surface area contributed by atoms with E-state index in [4.69, 9.17) is 4.74 Å². The highest BCUT2D eigenvalue weighted by atomic mass is 32.1. The molecule has 136 valence electrons. The van der Waals surface area contributed by atoms with Crippen LogP contribution in [0, 0.1) is 0 Å². The summed E-state index contributed by atoms with van der Waals surface area (Å²) in [7, 11) is 0. The molecule has 0 spiro atoms.